The van der Waals surface area contributed by atoms with Gasteiger partial charge in [0.1, 0.15) is 12.4 Å². The zero-order chi connectivity index (χ0) is 20.6. The number of hydrogen-bond donors (Lipinski definition) is 0. The monoisotopic (exact) mass is 394 g/mol. The van der Waals surface area contributed by atoms with E-state index in [2.05, 4.69) is 0 Å². The van der Waals surface area contributed by atoms with Crippen molar-refractivity contribution in [2.45, 2.75) is 26.2 Å². The van der Waals surface area contributed by atoms with E-state index in [1.54, 1.807) is 4.90 Å². The van der Waals surface area contributed by atoms with Gasteiger partial charge < -0.3 is 14.5 Å². The van der Waals surface area contributed by atoms with Crippen LogP contribution in [0.2, 0.25) is 0 Å². The molecule has 2 aromatic rings. The SMILES string of the molecule is Cc1ccccc1OCCN(C)C(=O)C1CCCN(C(=O)Cc2ccccc2)C1. The highest BCUT2D eigenvalue weighted by molar-refractivity contribution is 5.82. The predicted octanol–water partition coefficient (Wildman–Crippen LogP) is 3.31. The summed E-state index contributed by atoms with van der Waals surface area (Å²) in [4.78, 5) is 29.1. The Morgan fingerprint density at radius 2 is 1.83 bits per heavy atom. The van der Waals surface area contributed by atoms with Crippen LogP contribution in [-0.4, -0.2) is 54.9 Å². The van der Waals surface area contributed by atoms with Gasteiger partial charge in [-0.15, -0.1) is 0 Å². The maximum Gasteiger partial charge on any atom is 0.227 e. The molecule has 0 radical (unpaired) electrons. The summed E-state index contributed by atoms with van der Waals surface area (Å²) in [5, 5.41) is 0. The zero-order valence-electron chi connectivity index (χ0n) is 17.3. The molecule has 0 bridgehead atoms. The molecular weight excluding hydrogens is 364 g/mol. The molecule has 1 saturated heterocycles. The number of likely N-dealkylation sites (N-methyl/N-ethyl adjacent to an activating group) is 1. The smallest absolute Gasteiger partial charge is 0.227 e. The molecule has 1 unspecified atom stereocenters. The summed E-state index contributed by atoms with van der Waals surface area (Å²) in [6.07, 6.45) is 2.09. The lowest BCUT2D eigenvalue weighted by Gasteiger charge is -2.34. The molecule has 1 fully saturated rings. The maximum atomic E-state index is 12.9. The Balaban J connectivity index is 1.48. The van der Waals surface area contributed by atoms with Crippen molar-refractivity contribution >= 4 is 11.8 Å². The van der Waals surface area contributed by atoms with E-state index >= 15 is 0 Å². The standard InChI is InChI=1S/C24H30N2O3/c1-19-9-6-7-13-22(19)29-16-15-25(2)24(28)21-12-8-14-26(18-21)23(27)17-20-10-4-3-5-11-20/h3-7,9-11,13,21H,8,12,14-18H2,1-2H3. The number of rotatable bonds is 7. The molecule has 1 atom stereocenters. The first-order valence-corrected chi connectivity index (χ1v) is 10.3. The lowest BCUT2D eigenvalue weighted by atomic mass is 9.96. The third-order valence-corrected chi connectivity index (χ3v) is 5.48. The van der Waals surface area contributed by atoms with Crippen LogP contribution in [0, 0.1) is 12.8 Å². The van der Waals surface area contributed by atoms with Crippen LogP contribution in [0.3, 0.4) is 0 Å². The number of benzene rings is 2. The van der Waals surface area contributed by atoms with Crippen molar-refractivity contribution in [3.8, 4) is 5.75 Å². The van der Waals surface area contributed by atoms with Crippen LogP contribution in [0.5, 0.6) is 5.75 Å². The van der Waals surface area contributed by atoms with Crippen molar-refractivity contribution < 1.29 is 14.3 Å². The first kappa shape index (κ1) is 20.9. The van der Waals surface area contributed by atoms with E-state index in [0.717, 1.165) is 36.3 Å². The van der Waals surface area contributed by atoms with Crippen LogP contribution < -0.4 is 4.74 Å². The molecule has 0 N–H and O–H groups in total. The Bertz CT molecular complexity index is 822. The van der Waals surface area contributed by atoms with Crippen LogP contribution >= 0.6 is 0 Å². The van der Waals surface area contributed by atoms with Crippen molar-refractivity contribution in [1.82, 2.24) is 9.80 Å². The van der Waals surface area contributed by atoms with Crippen LogP contribution in [0.25, 0.3) is 0 Å². The number of nitrogens with zero attached hydrogens (tertiary/aromatic N) is 2. The van der Waals surface area contributed by atoms with E-state index in [1.807, 2.05) is 73.5 Å². The number of piperidine rings is 1. The number of hydrogen-bond acceptors (Lipinski definition) is 3. The van der Waals surface area contributed by atoms with Crippen LogP contribution in [-0.2, 0) is 16.0 Å². The molecular formula is C24H30N2O3. The summed E-state index contributed by atoms with van der Waals surface area (Å²) in [5.41, 5.74) is 2.10. The number of carbonyl (C=O) groups excluding carboxylic acids is 2. The van der Waals surface area contributed by atoms with Crippen molar-refractivity contribution in [3.05, 3.63) is 65.7 Å². The number of amides is 2. The lowest BCUT2D eigenvalue weighted by Crippen LogP contribution is -2.46. The molecule has 2 aromatic carbocycles. The Kier molecular flexibility index (Phi) is 7.28. The number of carbonyl (C=O) groups is 2. The fraction of sp³-hybridized carbons (Fsp3) is 0.417. The molecule has 1 aliphatic rings. The number of aryl methyl sites for hydroxylation is 1. The van der Waals surface area contributed by atoms with Gasteiger partial charge in [0, 0.05) is 20.1 Å². The number of likely N-dealkylation sites (tertiary alicyclic amines) is 1. The molecule has 5 heteroatoms. The third kappa shape index (κ3) is 5.83. The van der Waals surface area contributed by atoms with Crippen molar-refractivity contribution in [2.24, 2.45) is 5.92 Å². The van der Waals surface area contributed by atoms with Gasteiger partial charge in [-0.1, -0.05) is 48.5 Å². The molecule has 5 nitrogen and oxygen atoms in total. The molecule has 0 saturated carbocycles. The quantitative estimate of drug-likeness (QED) is 0.724. The van der Waals surface area contributed by atoms with E-state index < -0.39 is 0 Å². The lowest BCUT2D eigenvalue weighted by molar-refractivity contribution is -0.140. The molecule has 3 rings (SSSR count). The van der Waals surface area contributed by atoms with E-state index in [4.69, 9.17) is 4.74 Å². The second-order valence-electron chi connectivity index (χ2n) is 7.72. The topological polar surface area (TPSA) is 49.9 Å². The summed E-state index contributed by atoms with van der Waals surface area (Å²) in [7, 11) is 1.81. The molecule has 29 heavy (non-hydrogen) atoms. The summed E-state index contributed by atoms with van der Waals surface area (Å²) >= 11 is 0. The van der Waals surface area contributed by atoms with Gasteiger partial charge in [0.15, 0.2) is 0 Å². The second kappa shape index (κ2) is 10.1. The maximum absolute atomic E-state index is 12.9. The normalized spacial score (nSPS) is 16.3. The van der Waals surface area contributed by atoms with Gasteiger partial charge >= 0.3 is 0 Å². The molecule has 1 heterocycles. The van der Waals surface area contributed by atoms with E-state index in [0.29, 0.717) is 26.1 Å². The van der Waals surface area contributed by atoms with Gasteiger partial charge in [-0.25, -0.2) is 0 Å². The van der Waals surface area contributed by atoms with Crippen LogP contribution in [0.4, 0.5) is 0 Å². The highest BCUT2D eigenvalue weighted by Gasteiger charge is 2.30. The average Bonchev–Trinajstić information content (AvgIpc) is 2.75. The van der Waals surface area contributed by atoms with Gasteiger partial charge in [0.25, 0.3) is 0 Å². The minimum Gasteiger partial charge on any atom is -0.491 e. The predicted molar refractivity (Wildman–Crippen MR) is 114 cm³/mol. The number of ether oxygens (including phenoxy) is 1. The van der Waals surface area contributed by atoms with E-state index in [1.165, 1.54) is 0 Å². The Morgan fingerprint density at radius 3 is 2.59 bits per heavy atom. The van der Waals surface area contributed by atoms with Crippen molar-refractivity contribution in [3.63, 3.8) is 0 Å². The summed E-state index contributed by atoms with van der Waals surface area (Å²) < 4.78 is 5.81. The summed E-state index contributed by atoms with van der Waals surface area (Å²) in [6, 6.07) is 17.6. The molecule has 0 aromatic heterocycles. The Labute approximate surface area is 173 Å². The minimum absolute atomic E-state index is 0.0931. The first-order valence-electron chi connectivity index (χ1n) is 10.3. The van der Waals surface area contributed by atoms with Crippen LogP contribution in [0.15, 0.2) is 54.6 Å². The van der Waals surface area contributed by atoms with E-state index in [9.17, 15) is 9.59 Å². The Hall–Kier alpha value is -2.82. The highest BCUT2D eigenvalue weighted by atomic mass is 16.5. The average molecular weight is 395 g/mol. The largest absolute Gasteiger partial charge is 0.491 e. The molecule has 154 valence electrons. The summed E-state index contributed by atoms with van der Waals surface area (Å²) in [5.74, 6) is 0.908. The van der Waals surface area contributed by atoms with Gasteiger partial charge in [-0.2, -0.15) is 0 Å². The fourth-order valence-electron chi connectivity index (χ4n) is 3.72. The van der Waals surface area contributed by atoms with Gasteiger partial charge in [0.05, 0.1) is 18.9 Å². The molecule has 0 aliphatic carbocycles. The highest BCUT2D eigenvalue weighted by Crippen LogP contribution is 2.20. The number of para-hydroxylation sites is 1. The van der Waals surface area contributed by atoms with Gasteiger partial charge in [-0.05, 0) is 37.0 Å². The minimum atomic E-state index is -0.132. The van der Waals surface area contributed by atoms with Crippen LogP contribution in [0.1, 0.15) is 24.0 Å². The van der Waals surface area contributed by atoms with E-state index in [-0.39, 0.29) is 17.7 Å². The van der Waals surface area contributed by atoms with Crippen molar-refractivity contribution in [1.29, 1.82) is 0 Å². The molecule has 1 aliphatic heterocycles. The third-order valence-electron chi connectivity index (χ3n) is 5.48. The zero-order valence-corrected chi connectivity index (χ0v) is 17.3. The van der Waals surface area contributed by atoms with Gasteiger partial charge in [-0.3, -0.25) is 9.59 Å². The van der Waals surface area contributed by atoms with Crippen molar-refractivity contribution in [2.75, 3.05) is 33.3 Å². The second-order valence-corrected chi connectivity index (χ2v) is 7.72. The molecule has 2 amide bonds. The fourth-order valence-corrected chi connectivity index (χ4v) is 3.72. The Morgan fingerprint density at radius 1 is 1.10 bits per heavy atom. The first-order chi connectivity index (χ1) is 14.0. The van der Waals surface area contributed by atoms with Gasteiger partial charge in [0.2, 0.25) is 11.8 Å². The molecule has 0 spiro atoms. The summed E-state index contributed by atoms with van der Waals surface area (Å²) in [6.45, 7) is 4.23.